The fourth-order valence-electron chi connectivity index (χ4n) is 3.90. The van der Waals surface area contributed by atoms with E-state index in [1.165, 1.54) is 37.4 Å². The monoisotopic (exact) mass is 608 g/mol. The molecule has 16 heteroatoms. The molecule has 1 aliphatic rings. The van der Waals surface area contributed by atoms with Crippen molar-refractivity contribution in [3.05, 3.63) is 42.4 Å². The fraction of sp³-hybridized carbons (Fsp3) is 0.500. The van der Waals surface area contributed by atoms with Crippen LogP contribution in [0.1, 0.15) is 31.9 Å². The minimum Gasteiger partial charge on any atom is -0.317 e. The van der Waals surface area contributed by atoms with Gasteiger partial charge in [0.15, 0.2) is 14.6 Å². The molecule has 1 saturated heterocycles. The van der Waals surface area contributed by atoms with Gasteiger partial charge in [-0.25, -0.2) is 13.5 Å². The van der Waals surface area contributed by atoms with Crippen LogP contribution in [0.5, 0.6) is 0 Å². The summed E-state index contributed by atoms with van der Waals surface area (Å²) in [6.45, 7) is 1.99. The number of aryl methyl sites for hydroxylation is 1. The molecule has 0 aliphatic carbocycles. The van der Waals surface area contributed by atoms with Crippen molar-refractivity contribution in [3.8, 4) is 11.3 Å². The molecule has 2 aromatic rings. The Balaban J connectivity index is 0.00000361. The number of hydroxylamine groups is 2. The number of benzene rings is 1. The van der Waals surface area contributed by atoms with E-state index in [-0.39, 0.29) is 73.6 Å². The van der Waals surface area contributed by atoms with Gasteiger partial charge in [-0.05, 0) is 51.4 Å². The molecule has 1 fully saturated rings. The summed E-state index contributed by atoms with van der Waals surface area (Å²) in [4.78, 5) is 20.7. The summed E-state index contributed by atoms with van der Waals surface area (Å²) in [5, 5.41) is 13.4. The molecule has 2 N–H and O–H groups in total. The van der Waals surface area contributed by atoms with Gasteiger partial charge in [0.1, 0.15) is 0 Å². The number of nitrogens with zero attached hydrogens (tertiary/aromatic N) is 3. The normalized spacial score (nSPS) is 15.7. The lowest BCUT2D eigenvalue weighted by atomic mass is 9.95. The van der Waals surface area contributed by atoms with E-state index < -0.39 is 45.4 Å². The average Bonchev–Trinajstić information content (AvgIpc) is 2.86. The molecule has 214 valence electrons. The van der Waals surface area contributed by atoms with Crippen LogP contribution in [-0.4, -0.2) is 71.0 Å². The number of hydrogen-bond acceptors (Lipinski definition) is 7. The number of halogens is 7. The van der Waals surface area contributed by atoms with E-state index in [1.807, 2.05) is 0 Å². The zero-order chi connectivity index (χ0) is 26.8. The van der Waals surface area contributed by atoms with Crippen molar-refractivity contribution in [2.45, 2.75) is 54.3 Å². The number of nitrogens with one attached hydrogen (secondary N) is 1. The second-order valence-corrected chi connectivity index (χ2v) is 10.6. The predicted octanol–water partition coefficient (Wildman–Crippen LogP) is 4.25. The van der Waals surface area contributed by atoms with Gasteiger partial charge in [0.25, 0.3) is 5.91 Å². The Morgan fingerprint density at radius 1 is 1.05 bits per heavy atom. The van der Waals surface area contributed by atoms with Crippen LogP contribution < -0.4 is 5.32 Å². The van der Waals surface area contributed by atoms with Crippen LogP contribution in [-0.2, 0) is 21.1 Å². The number of piperidine rings is 1. The van der Waals surface area contributed by atoms with Crippen LogP contribution in [0.15, 0.2) is 41.6 Å². The van der Waals surface area contributed by atoms with Gasteiger partial charge in [0.2, 0.25) is 0 Å². The average molecular weight is 609 g/mol. The molecule has 0 saturated carbocycles. The third-order valence-electron chi connectivity index (χ3n) is 6.12. The summed E-state index contributed by atoms with van der Waals surface area (Å²) in [5.74, 6) is -5.74. The first-order valence-electron chi connectivity index (χ1n) is 11.1. The number of rotatable bonds is 8. The zero-order valence-electron chi connectivity index (χ0n) is 20.0. The Morgan fingerprint density at radius 3 is 2.11 bits per heavy atom. The standard InChI is InChI=1S/C22H25F5N4O4S.2ClH/c1-2-31(33)19(32)20(9-11-28-12-10-20)36(34,35)17-5-3-15(4-6-17)18-14-29-16(13-30-18)7-8-21(23,24)22(25,26)27;;/h3-6,13-14,28,33H,2,7-12H2,1H3;2*1H. The van der Waals surface area contributed by atoms with E-state index >= 15 is 0 Å². The lowest BCUT2D eigenvalue weighted by Crippen LogP contribution is -2.57. The predicted molar refractivity (Wildman–Crippen MR) is 132 cm³/mol. The Kier molecular flexibility index (Phi) is 11.4. The van der Waals surface area contributed by atoms with Crippen LogP contribution in [0.25, 0.3) is 11.3 Å². The highest BCUT2D eigenvalue weighted by molar-refractivity contribution is 7.93. The number of alkyl halides is 5. The van der Waals surface area contributed by atoms with E-state index in [0.29, 0.717) is 10.6 Å². The fourth-order valence-corrected chi connectivity index (χ4v) is 5.92. The van der Waals surface area contributed by atoms with Crippen molar-refractivity contribution in [2.24, 2.45) is 0 Å². The van der Waals surface area contributed by atoms with E-state index in [2.05, 4.69) is 15.3 Å². The molecule has 0 unspecified atom stereocenters. The maximum Gasteiger partial charge on any atom is 0.453 e. The summed E-state index contributed by atoms with van der Waals surface area (Å²) in [6.07, 6.45) is -5.52. The Labute approximate surface area is 228 Å². The van der Waals surface area contributed by atoms with E-state index in [4.69, 9.17) is 0 Å². The van der Waals surface area contributed by atoms with Gasteiger partial charge < -0.3 is 5.32 Å². The van der Waals surface area contributed by atoms with E-state index in [0.717, 1.165) is 6.20 Å². The highest BCUT2D eigenvalue weighted by atomic mass is 35.5. The summed E-state index contributed by atoms with van der Waals surface area (Å²) in [6, 6.07) is 5.41. The number of amides is 1. The number of carbonyl (C=O) groups is 1. The van der Waals surface area contributed by atoms with Gasteiger partial charge in [-0.1, -0.05) is 12.1 Å². The van der Waals surface area contributed by atoms with Crippen molar-refractivity contribution >= 4 is 40.6 Å². The van der Waals surface area contributed by atoms with Gasteiger partial charge in [0, 0.05) is 24.7 Å². The van der Waals surface area contributed by atoms with Gasteiger partial charge >= 0.3 is 12.1 Å². The van der Waals surface area contributed by atoms with E-state index in [9.17, 15) is 40.4 Å². The van der Waals surface area contributed by atoms with Crippen LogP contribution in [0.2, 0.25) is 0 Å². The van der Waals surface area contributed by atoms with Crippen LogP contribution in [0, 0.1) is 0 Å². The Hall–Kier alpha value is -2.13. The molecule has 0 radical (unpaired) electrons. The zero-order valence-corrected chi connectivity index (χ0v) is 22.5. The Bertz CT molecular complexity index is 1180. The third kappa shape index (κ3) is 6.71. The topological polar surface area (TPSA) is 112 Å². The van der Waals surface area contributed by atoms with Crippen LogP contribution in [0.4, 0.5) is 22.0 Å². The first kappa shape index (κ1) is 33.9. The number of aromatic nitrogens is 2. The van der Waals surface area contributed by atoms with E-state index in [1.54, 1.807) is 0 Å². The molecule has 2 heterocycles. The molecule has 3 rings (SSSR count). The van der Waals surface area contributed by atoms with Crippen molar-refractivity contribution in [1.29, 1.82) is 0 Å². The number of sulfone groups is 1. The molecule has 1 aromatic heterocycles. The van der Waals surface area contributed by atoms with Crippen molar-refractivity contribution in [2.75, 3.05) is 19.6 Å². The van der Waals surface area contributed by atoms with Gasteiger partial charge in [0.05, 0.1) is 22.5 Å². The molecule has 38 heavy (non-hydrogen) atoms. The molecule has 8 nitrogen and oxygen atoms in total. The second-order valence-electron chi connectivity index (χ2n) is 8.39. The second kappa shape index (κ2) is 12.8. The van der Waals surface area contributed by atoms with Crippen LogP contribution >= 0.6 is 24.8 Å². The van der Waals surface area contributed by atoms with Gasteiger partial charge in [-0.2, -0.15) is 22.0 Å². The first-order chi connectivity index (χ1) is 16.7. The summed E-state index contributed by atoms with van der Waals surface area (Å²) in [7, 11) is -4.21. The molecule has 0 spiro atoms. The summed E-state index contributed by atoms with van der Waals surface area (Å²) in [5.41, 5.74) is 0.597. The van der Waals surface area contributed by atoms with Gasteiger partial charge in [-0.15, -0.1) is 24.8 Å². The summed E-state index contributed by atoms with van der Waals surface area (Å²) < 4.78 is 88.4. The maximum absolute atomic E-state index is 13.5. The lowest BCUT2D eigenvalue weighted by Gasteiger charge is -2.37. The minimum absolute atomic E-state index is 0. The molecule has 0 atom stereocenters. The van der Waals surface area contributed by atoms with Crippen molar-refractivity contribution in [3.63, 3.8) is 0 Å². The molecular weight excluding hydrogens is 582 g/mol. The summed E-state index contributed by atoms with van der Waals surface area (Å²) >= 11 is 0. The minimum atomic E-state index is -5.65. The smallest absolute Gasteiger partial charge is 0.317 e. The van der Waals surface area contributed by atoms with Crippen molar-refractivity contribution in [1.82, 2.24) is 20.3 Å². The molecular formula is C22H27Cl2F5N4O4S. The van der Waals surface area contributed by atoms with Gasteiger partial charge in [-0.3, -0.25) is 20.0 Å². The molecule has 1 aromatic carbocycles. The van der Waals surface area contributed by atoms with Crippen molar-refractivity contribution < 1.29 is 40.4 Å². The van der Waals surface area contributed by atoms with Crippen LogP contribution in [0.3, 0.4) is 0 Å². The lowest BCUT2D eigenvalue weighted by molar-refractivity contribution is -0.284. The quantitative estimate of drug-likeness (QED) is 0.262. The third-order valence-corrected chi connectivity index (χ3v) is 8.63. The molecule has 1 amide bonds. The largest absolute Gasteiger partial charge is 0.453 e. The maximum atomic E-state index is 13.5. The number of hydrogen-bond donors (Lipinski definition) is 2. The first-order valence-corrected chi connectivity index (χ1v) is 12.6. The Morgan fingerprint density at radius 2 is 1.63 bits per heavy atom. The molecule has 1 aliphatic heterocycles. The highest BCUT2D eigenvalue weighted by Crippen LogP contribution is 2.39. The number of carbonyl (C=O) groups excluding carboxylic acids is 1. The molecule has 0 bridgehead atoms. The SMILES string of the molecule is CCN(O)C(=O)C1(S(=O)(=O)c2ccc(-c3cnc(CCC(F)(F)C(F)(F)F)cn3)cc2)CCNCC1.Cl.Cl. The highest BCUT2D eigenvalue weighted by Gasteiger charge is 2.56.